The van der Waals surface area contributed by atoms with E-state index in [1.807, 2.05) is 0 Å². The molecule has 2 fully saturated rings. The van der Waals surface area contributed by atoms with Gasteiger partial charge in [0.25, 0.3) is 0 Å². The van der Waals surface area contributed by atoms with Crippen molar-refractivity contribution in [1.29, 1.82) is 0 Å². The molecule has 4 nitrogen and oxygen atoms in total. The summed E-state index contributed by atoms with van der Waals surface area (Å²) in [5.41, 5.74) is 2.72. The molecule has 4 rings (SSSR count). The van der Waals surface area contributed by atoms with Crippen molar-refractivity contribution in [2.24, 2.45) is 0 Å². The predicted molar refractivity (Wildman–Crippen MR) is 91.4 cm³/mol. The number of nitrogens with one attached hydrogen (secondary N) is 1. The number of likely N-dealkylation sites (tertiary alicyclic amines) is 1. The third-order valence-corrected chi connectivity index (χ3v) is 6.10. The quantitative estimate of drug-likeness (QED) is 0.865. The van der Waals surface area contributed by atoms with E-state index in [1.54, 1.807) is 0 Å². The number of hydrogen-bond donors (Lipinski definition) is 1. The Morgan fingerprint density at radius 3 is 2.87 bits per heavy atom. The van der Waals surface area contributed by atoms with Crippen LogP contribution in [0.1, 0.15) is 49.3 Å². The zero-order chi connectivity index (χ0) is 15.8. The molecule has 1 N–H and O–H groups in total. The number of likely N-dealkylation sites (N-methyl/N-ethyl adjacent to an activating group) is 1. The van der Waals surface area contributed by atoms with E-state index in [9.17, 15) is 4.79 Å². The topological polar surface area (TPSA) is 35.6 Å². The molecule has 2 saturated heterocycles. The third kappa shape index (κ3) is 2.85. The van der Waals surface area contributed by atoms with Gasteiger partial charge in [0, 0.05) is 25.2 Å². The smallest absolute Gasteiger partial charge is 0.317 e. The second-order valence-corrected chi connectivity index (χ2v) is 7.38. The zero-order valence-corrected chi connectivity index (χ0v) is 14.0. The largest absolute Gasteiger partial charge is 0.331 e. The van der Waals surface area contributed by atoms with Crippen LogP contribution in [-0.4, -0.2) is 48.1 Å². The maximum absolute atomic E-state index is 12.8. The monoisotopic (exact) mass is 313 g/mol. The maximum atomic E-state index is 12.8. The number of urea groups is 1. The molecule has 124 valence electrons. The van der Waals surface area contributed by atoms with Gasteiger partial charge in [-0.25, -0.2) is 4.79 Å². The number of amides is 2. The fourth-order valence-electron chi connectivity index (χ4n) is 4.64. The highest BCUT2D eigenvalue weighted by molar-refractivity contribution is 5.75. The van der Waals surface area contributed by atoms with Gasteiger partial charge in [-0.2, -0.15) is 0 Å². The van der Waals surface area contributed by atoms with Crippen LogP contribution in [0, 0.1) is 0 Å². The summed E-state index contributed by atoms with van der Waals surface area (Å²) in [5, 5.41) is 3.32. The molecule has 3 unspecified atom stereocenters. The molecule has 4 heteroatoms. The molecule has 0 radical (unpaired) electrons. The molecule has 23 heavy (non-hydrogen) atoms. The normalized spacial score (nSPS) is 30.7. The van der Waals surface area contributed by atoms with Crippen LogP contribution in [0.5, 0.6) is 0 Å². The number of nitrogens with zero attached hydrogens (tertiary/aromatic N) is 2. The van der Waals surface area contributed by atoms with Crippen molar-refractivity contribution in [1.82, 2.24) is 15.1 Å². The lowest BCUT2D eigenvalue weighted by molar-refractivity contribution is 0.183. The summed E-state index contributed by atoms with van der Waals surface area (Å²) >= 11 is 0. The van der Waals surface area contributed by atoms with Crippen molar-refractivity contribution < 1.29 is 4.79 Å². The van der Waals surface area contributed by atoms with E-state index in [-0.39, 0.29) is 12.1 Å². The highest BCUT2D eigenvalue weighted by Crippen LogP contribution is 2.31. The minimum Gasteiger partial charge on any atom is -0.331 e. The van der Waals surface area contributed by atoms with Crippen molar-refractivity contribution in [3.8, 4) is 0 Å². The van der Waals surface area contributed by atoms with Crippen LogP contribution < -0.4 is 5.32 Å². The first kappa shape index (κ1) is 15.0. The van der Waals surface area contributed by atoms with Gasteiger partial charge in [-0.05, 0) is 56.7 Å². The Morgan fingerprint density at radius 1 is 1.13 bits per heavy atom. The van der Waals surface area contributed by atoms with Crippen LogP contribution >= 0.6 is 0 Å². The van der Waals surface area contributed by atoms with E-state index in [2.05, 4.69) is 46.4 Å². The maximum Gasteiger partial charge on any atom is 0.317 e. The van der Waals surface area contributed by atoms with Gasteiger partial charge in [0.05, 0.1) is 6.04 Å². The average molecular weight is 313 g/mol. The highest BCUT2D eigenvalue weighted by Gasteiger charge is 2.36. The molecule has 1 aromatic carbocycles. The first-order chi connectivity index (χ1) is 11.2. The molecular weight excluding hydrogens is 286 g/mol. The second-order valence-electron chi connectivity index (χ2n) is 7.38. The summed E-state index contributed by atoms with van der Waals surface area (Å²) in [6, 6.07) is 10.1. The van der Waals surface area contributed by atoms with Crippen LogP contribution in [0.4, 0.5) is 4.79 Å². The number of aryl methyl sites for hydroxylation is 1. The molecule has 1 aromatic rings. The van der Waals surface area contributed by atoms with Crippen molar-refractivity contribution in [3.63, 3.8) is 0 Å². The molecule has 2 aliphatic heterocycles. The Hall–Kier alpha value is -1.55. The lowest BCUT2D eigenvalue weighted by atomic mass is 9.88. The minimum absolute atomic E-state index is 0.132. The number of carbonyl (C=O) groups is 1. The Kier molecular flexibility index (Phi) is 4.02. The lowest BCUT2D eigenvalue weighted by Gasteiger charge is -2.31. The molecule has 3 atom stereocenters. The number of fused-ring (bicyclic) bond motifs is 3. The van der Waals surface area contributed by atoms with E-state index in [4.69, 9.17) is 0 Å². The van der Waals surface area contributed by atoms with Crippen LogP contribution in [0.2, 0.25) is 0 Å². The average Bonchev–Trinajstić information content (AvgIpc) is 2.80. The molecule has 0 spiro atoms. The molecule has 3 aliphatic rings. The second kappa shape index (κ2) is 6.16. The fourth-order valence-corrected chi connectivity index (χ4v) is 4.64. The van der Waals surface area contributed by atoms with Gasteiger partial charge in [-0.15, -0.1) is 0 Å². The Morgan fingerprint density at radius 2 is 1.96 bits per heavy atom. The van der Waals surface area contributed by atoms with Gasteiger partial charge < -0.3 is 10.2 Å². The van der Waals surface area contributed by atoms with Crippen LogP contribution in [0.3, 0.4) is 0 Å². The van der Waals surface area contributed by atoms with Gasteiger partial charge in [-0.3, -0.25) is 4.90 Å². The Labute approximate surface area is 138 Å². The summed E-state index contributed by atoms with van der Waals surface area (Å²) in [4.78, 5) is 17.4. The van der Waals surface area contributed by atoms with E-state index in [0.29, 0.717) is 12.1 Å². The van der Waals surface area contributed by atoms with E-state index >= 15 is 0 Å². The van der Waals surface area contributed by atoms with Gasteiger partial charge in [0.2, 0.25) is 0 Å². The number of carbonyl (C=O) groups excluding carboxylic acids is 1. The molecule has 2 bridgehead atoms. The van der Waals surface area contributed by atoms with Gasteiger partial charge in [-0.1, -0.05) is 24.3 Å². The number of benzene rings is 1. The summed E-state index contributed by atoms with van der Waals surface area (Å²) < 4.78 is 0. The Balaban J connectivity index is 1.44. The molecular formula is C19H27N3O. The van der Waals surface area contributed by atoms with Crippen LogP contribution in [-0.2, 0) is 6.42 Å². The Bertz CT molecular complexity index is 588. The number of hydrogen-bond acceptors (Lipinski definition) is 2. The zero-order valence-electron chi connectivity index (χ0n) is 14.0. The SMILES string of the molecule is CN1C2CCC1CN(C(=O)NC1CCCc3ccccc31)CC2. The van der Waals surface area contributed by atoms with E-state index < -0.39 is 0 Å². The highest BCUT2D eigenvalue weighted by atomic mass is 16.2. The molecule has 1 aliphatic carbocycles. The van der Waals surface area contributed by atoms with Crippen LogP contribution in [0.25, 0.3) is 0 Å². The van der Waals surface area contributed by atoms with Gasteiger partial charge in [0.15, 0.2) is 0 Å². The van der Waals surface area contributed by atoms with Crippen molar-refractivity contribution in [3.05, 3.63) is 35.4 Å². The molecule has 0 saturated carbocycles. The van der Waals surface area contributed by atoms with E-state index in [0.717, 1.165) is 38.8 Å². The van der Waals surface area contributed by atoms with Gasteiger partial charge >= 0.3 is 6.03 Å². The van der Waals surface area contributed by atoms with Crippen LogP contribution in [0.15, 0.2) is 24.3 Å². The molecule has 0 aromatic heterocycles. The predicted octanol–water partition coefficient (Wildman–Crippen LogP) is 2.94. The first-order valence-corrected chi connectivity index (χ1v) is 9.07. The van der Waals surface area contributed by atoms with E-state index in [1.165, 1.54) is 24.0 Å². The molecule has 2 heterocycles. The lowest BCUT2D eigenvalue weighted by Crippen LogP contribution is -2.46. The standard InChI is InChI=1S/C19H27N3O/c1-21-15-9-10-16(21)13-22(12-11-15)19(23)20-18-8-4-6-14-5-2-3-7-17(14)18/h2-3,5,7,15-16,18H,4,6,8-13H2,1H3,(H,20,23). The van der Waals surface area contributed by atoms with Crippen molar-refractivity contribution in [2.75, 3.05) is 20.1 Å². The first-order valence-electron chi connectivity index (χ1n) is 9.07. The number of rotatable bonds is 1. The summed E-state index contributed by atoms with van der Waals surface area (Å²) in [5.74, 6) is 0. The van der Waals surface area contributed by atoms with Crippen molar-refractivity contribution >= 4 is 6.03 Å². The summed E-state index contributed by atoms with van der Waals surface area (Å²) in [7, 11) is 2.22. The fraction of sp³-hybridized carbons (Fsp3) is 0.632. The third-order valence-electron chi connectivity index (χ3n) is 6.10. The summed E-state index contributed by atoms with van der Waals surface area (Å²) in [6.07, 6.45) is 7.00. The minimum atomic E-state index is 0.132. The molecule has 2 amide bonds. The summed E-state index contributed by atoms with van der Waals surface area (Å²) in [6.45, 7) is 1.78. The van der Waals surface area contributed by atoms with Crippen molar-refractivity contribution in [2.45, 2.75) is 56.7 Å². The van der Waals surface area contributed by atoms with Gasteiger partial charge in [0.1, 0.15) is 0 Å².